The SMILES string of the molecule is O=C(O)CN1CCCC1c1cccs1. The molecule has 0 saturated carbocycles. The Morgan fingerprint density at radius 1 is 1.71 bits per heavy atom. The van der Waals surface area contributed by atoms with Gasteiger partial charge in [0.25, 0.3) is 0 Å². The molecular weight excluding hydrogens is 198 g/mol. The van der Waals surface area contributed by atoms with Crippen molar-refractivity contribution in [2.24, 2.45) is 0 Å². The Morgan fingerprint density at radius 2 is 2.57 bits per heavy atom. The smallest absolute Gasteiger partial charge is 0.317 e. The summed E-state index contributed by atoms with van der Waals surface area (Å²) in [6, 6.07) is 4.46. The minimum Gasteiger partial charge on any atom is -0.480 e. The van der Waals surface area contributed by atoms with Gasteiger partial charge in [0, 0.05) is 10.9 Å². The minimum atomic E-state index is -0.728. The van der Waals surface area contributed by atoms with E-state index in [0.29, 0.717) is 6.04 Å². The fourth-order valence-electron chi connectivity index (χ4n) is 1.99. The first kappa shape index (κ1) is 9.68. The van der Waals surface area contributed by atoms with Gasteiger partial charge >= 0.3 is 5.97 Å². The molecule has 76 valence electrons. The molecule has 1 atom stereocenters. The largest absolute Gasteiger partial charge is 0.480 e. The zero-order valence-corrected chi connectivity index (χ0v) is 8.67. The van der Waals surface area contributed by atoms with Gasteiger partial charge in [0.05, 0.1) is 6.54 Å². The molecule has 1 aliphatic rings. The van der Waals surface area contributed by atoms with E-state index in [9.17, 15) is 4.79 Å². The van der Waals surface area contributed by atoms with E-state index in [1.54, 1.807) is 11.3 Å². The third-order valence-corrected chi connectivity index (χ3v) is 3.55. The topological polar surface area (TPSA) is 40.5 Å². The highest BCUT2D eigenvalue weighted by Gasteiger charge is 2.27. The van der Waals surface area contributed by atoms with Crippen LogP contribution in [0.15, 0.2) is 17.5 Å². The Bertz CT molecular complexity index is 310. The van der Waals surface area contributed by atoms with Crippen molar-refractivity contribution >= 4 is 17.3 Å². The van der Waals surface area contributed by atoms with Crippen LogP contribution in [-0.2, 0) is 4.79 Å². The molecule has 1 N–H and O–H groups in total. The summed E-state index contributed by atoms with van der Waals surface area (Å²) < 4.78 is 0. The second-order valence-electron chi connectivity index (χ2n) is 3.54. The van der Waals surface area contributed by atoms with Crippen LogP contribution in [0.1, 0.15) is 23.8 Å². The molecule has 0 spiro atoms. The van der Waals surface area contributed by atoms with Crippen molar-refractivity contribution in [1.82, 2.24) is 4.90 Å². The van der Waals surface area contributed by atoms with Crippen LogP contribution in [0, 0.1) is 0 Å². The normalized spacial score (nSPS) is 22.7. The van der Waals surface area contributed by atoms with E-state index in [4.69, 9.17) is 5.11 Å². The summed E-state index contributed by atoms with van der Waals surface area (Å²) in [6.45, 7) is 1.08. The lowest BCUT2D eigenvalue weighted by Crippen LogP contribution is -2.28. The average Bonchev–Trinajstić information content (AvgIpc) is 2.70. The van der Waals surface area contributed by atoms with Crippen LogP contribution in [-0.4, -0.2) is 29.1 Å². The highest BCUT2D eigenvalue weighted by molar-refractivity contribution is 7.10. The molecule has 0 aromatic carbocycles. The van der Waals surface area contributed by atoms with Gasteiger partial charge in [0.2, 0.25) is 0 Å². The first-order chi connectivity index (χ1) is 6.77. The Labute approximate surface area is 87.0 Å². The van der Waals surface area contributed by atoms with Crippen molar-refractivity contribution in [3.05, 3.63) is 22.4 Å². The lowest BCUT2D eigenvalue weighted by molar-refractivity contribution is -0.138. The van der Waals surface area contributed by atoms with Gasteiger partial charge in [0.1, 0.15) is 0 Å². The number of carboxylic acids is 1. The van der Waals surface area contributed by atoms with Crippen LogP contribution in [0.2, 0.25) is 0 Å². The van der Waals surface area contributed by atoms with E-state index in [0.717, 1.165) is 19.4 Å². The van der Waals surface area contributed by atoms with Gasteiger partial charge in [-0.3, -0.25) is 9.69 Å². The molecule has 1 unspecified atom stereocenters. The summed E-state index contributed by atoms with van der Waals surface area (Å²) in [4.78, 5) is 14.0. The summed E-state index contributed by atoms with van der Waals surface area (Å²) in [6.07, 6.45) is 2.20. The predicted molar refractivity (Wildman–Crippen MR) is 55.5 cm³/mol. The number of thiophene rings is 1. The Balaban J connectivity index is 2.07. The number of rotatable bonds is 3. The summed E-state index contributed by atoms with van der Waals surface area (Å²) in [7, 11) is 0. The molecule has 2 rings (SSSR count). The first-order valence-electron chi connectivity index (χ1n) is 4.76. The molecule has 3 nitrogen and oxygen atoms in total. The molecule has 1 aliphatic heterocycles. The minimum absolute atomic E-state index is 0.169. The number of hydrogen-bond donors (Lipinski definition) is 1. The summed E-state index contributed by atoms with van der Waals surface area (Å²) in [5.41, 5.74) is 0. The maximum Gasteiger partial charge on any atom is 0.317 e. The molecule has 0 aliphatic carbocycles. The molecule has 0 bridgehead atoms. The van der Waals surface area contributed by atoms with Crippen LogP contribution < -0.4 is 0 Å². The van der Waals surface area contributed by atoms with E-state index in [2.05, 4.69) is 6.07 Å². The molecule has 1 aromatic rings. The highest BCUT2D eigenvalue weighted by Crippen LogP contribution is 2.33. The highest BCUT2D eigenvalue weighted by atomic mass is 32.1. The number of hydrogen-bond acceptors (Lipinski definition) is 3. The third-order valence-electron chi connectivity index (χ3n) is 2.57. The average molecular weight is 211 g/mol. The molecule has 1 fully saturated rings. The summed E-state index contributed by atoms with van der Waals surface area (Å²) in [5.74, 6) is -0.728. The molecule has 0 radical (unpaired) electrons. The van der Waals surface area contributed by atoms with Crippen molar-refractivity contribution in [2.75, 3.05) is 13.1 Å². The fraction of sp³-hybridized carbons (Fsp3) is 0.500. The molecule has 1 saturated heterocycles. The van der Waals surface area contributed by atoms with Gasteiger partial charge in [-0.05, 0) is 30.8 Å². The van der Waals surface area contributed by atoms with E-state index in [-0.39, 0.29) is 6.54 Å². The van der Waals surface area contributed by atoms with Gasteiger partial charge in [-0.25, -0.2) is 0 Å². The lowest BCUT2D eigenvalue weighted by Gasteiger charge is -2.21. The lowest BCUT2D eigenvalue weighted by atomic mass is 10.2. The van der Waals surface area contributed by atoms with E-state index < -0.39 is 5.97 Å². The molecule has 1 aromatic heterocycles. The van der Waals surface area contributed by atoms with E-state index in [1.165, 1.54) is 4.88 Å². The summed E-state index contributed by atoms with van der Waals surface area (Å²) in [5, 5.41) is 10.8. The van der Waals surface area contributed by atoms with Crippen molar-refractivity contribution in [3.63, 3.8) is 0 Å². The van der Waals surface area contributed by atoms with Gasteiger partial charge in [0.15, 0.2) is 0 Å². The molecule has 2 heterocycles. The van der Waals surface area contributed by atoms with Crippen molar-refractivity contribution < 1.29 is 9.90 Å². The number of likely N-dealkylation sites (tertiary alicyclic amines) is 1. The number of nitrogens with zero attached hydrogens (tertiary/aromatic N) is 1. The number of carboxylic acid groups (broad SMARTS) is 1. The van der Waals surface area contributed by atoms with Crippen molar-refractivity contribution in [2.45, 2.75) is 18.9 Å². The summed E-state index contributed by atoms with van der Waals surface area (Å²) >= 11 is 1.72. The zero-order chi connectivity index (χ0) is 9.97. The van der Waals surface area contributed by atoms with Crippen molar-refractivity contribution in [3.8, 4) is 0 Å². The molecule has 14 heavy (non-hydrogen) atoms. The Hall–Kier alpha value is -0.870. The van der Waals surface area contributed by atoms with Gasteiger partial charge in [-0.15, -0.1) is 11.3 Å². The number of carbonyl (C=O) groups is 1. The van der Waals surface area contributed by atoms with E-state index >= 15 is 0 Å². The monoisotopic (exact) mass is 211 g/mol. The van der Waals surface area contributed by atoms with Crippen LogP contribution in [0.3, 0.4) is 0 Å². The van der Waals surface area contributed by atoms with Gasteiger partial charge in [-0.1, -0.05) is 6.07 Å². The Morgan fingerprint density at radius 3 is 3.21 bits per heavy atom. The van der Waals surface area contributed by atoms with Gasteiger partial charge in [-0.2, -0.15) is 0 Å². The maximum absolute atomic E-state index is 10.6. The first-order valence-corrected chi connectivity index (χ1v) is 5.64. The fourth-order valence-corrected chi connectivity index (χ4v) is 2.89. The molecular formula is C10H13NO2S. The maximum atomic E-state index is 10.6. The second-order valence-corrected chi connectivity index (χ2v) is 4.52. The Kier molecular flexibility index (Phi) is 2.84. The van der Waals surface area contributed by atoms with Crippen molar-refractivity contribution in [1.29, 1.82) is 0 Å². The van der Waals surface area contributed by atoms with E-state index in [1.807, 2.05) is 16.3 Å². The number of aliphatic carboxylic acids is 1. The van der Waals surface area contributed by atoms with Crippen LogP contribution in [0.4, 0.5) is 0 Å². The van der Waals surface area contributed by atoms with Gasteiger partial charge < -0.3 is 5.11 Å². The zero-order valence-electron chi connectivity index (χ0n) is 7.85. The van der Waals surface area contributed by atoms with Crippen LogP contribution in [0.5, 0.6) is 0 Å². The standard InChI is InChI=1S/C10H13NO2S/c12-10(13)7-11-5-1-3-8(11)9-4-2-6-14-9/h2,4,6,8H,1,3,5,7H2,(H,12,13). The molecule has 0 amide bonds. The van der Waals surface area contributed by atoms with Crippen LogP contribution >= 0.6 is 11.3 Å². The molecule has 4 heteroatoms. The second kappa shape index (κ2) is 4.11. The quantitative estimate of drug-likeness (QED) is 0.831. The van der Waals surface area contributed by atoms with Crippen LogP contribution in [0.25, 0.3) is 0 Å². The third kappa shape index (κ3) is 1.96. The predicted octanol–water partition coefficient (Wildman–Crippen LogP) is 1.97.